The van der Waals surface area contributed by atoms with Gasteiger partial charge >= 0.3 is 5.97 Å². The Labute approximate surface area is 120 Å². The molecule has 0 saturated carbocycles. The molecule has 2 atom stereocenters. The molecule has 0 saturated heterocycles. The lowest BCUT2D eigenvalue weighted by Crippen LogP contribution is -2.37. The first-order chi connectivity index (χ1) is 8.88. The fraction of sp³-hybridized carbons (Fsp3) is 0.857. The number of amides is 1. The molecule has 0 spiro atoms. The van der Waals surface area contributed by atoms with Crippen LogP contribution in [-0.2, 0) is 9.59 Å². The maximum atomic E-state index is 11.8. The fourth-order valence-corrected chi connectivity index (χ4v) is 2.73. The molecule has 4 nitrogen and oxygen atoms in total. The summed E-state index contributed by atoms with van der Waals surface area (Å²) in [7, 11) is 0. The van der Waals surface area contributed by atoms with Gasteiger partial charge < -0.3 is 10.4 Å². The van der Waals surface area contributed by atoms with Crippen LogP contribution in [0.4, 0.5) is 0 Å². The Morgan fingerprint density at radius 3 is 2.37 bits per heavy atom. The first kappa shape index (κ1) is 18.3. The molecule has 0 fully saturated rings. The summed E-state index contributed by atoms with van der Waals surface area (Å²) in [5.41, 5.74) is 0. The maximum Gasteiger partial charge on any atom is 0.308 e. The predicted molar refractivity (Wildman–Crippen MR) is 80.4 cm³/mol. The van der Waals surface area contributed by atoms with Crippen LogP contribution in [0.3, 0.4) is 0 Å². The van der Waals surface area contributed by atoms with E-state index in [2.05, 4.69) is 12.2 Å². The van der Waals surface area contributed by atoms with Crippen molar-refractivity contribution >= 4 is 23.6 Å². The zero-order valence-corrected chi connectivity index (χ0v) is 13.3. The number of hydrogen-bond acceptors (Lipinski definition) is 3. The molecule has 0 bridgehead atoms. The number of hydrogen-bond donors (Lipinski definition) is 2. The zero-order chi connectivity index (χ0) is 14.8. The fourth-order valence-electron chi connectivity index (χ4n) is 1.69. The topological polar surface area (TPSA) is 66.4 Å². The molecule has 0 heterocycles. The Kier molecular flexibility index (Phi) is 9.74. The molecule has 0 aromatic heterocycles. The Bertz CT molecular complexity index is 282. The Balaban J connectivity index is 4.06. The standard InChI is InChI=1S/C14H27NO3S/c1-5-6-7-19-11(4)13(16)15-9-12(14(17)18)8-10(2)3/h10-12H,5-9H2,1-4H3,(H,15,16)(H,17,18). The molecule has 112 valence electrons. The lowest BCUT2D eigenvalue weighted by molar-refractivity contribution is -0.142. The molecule has 2 N–H and O–H groups in total. The van der Waals surface area contributed by atoms with E-state index < -0.39 is 11.9 Å². The van der Waals surface area contributed by atoms with Gasteiger partial charge in [0.05, 0.1) is 11.2 Å². The minimum absolute atomic E-state index is 0.0592. The highest BCUT2D eigenvalue weighted by Gasteiger charge is 2.21. The number of carboxylic acids is 1. The number of rotatable bonds is 10. The first-order valence-corrected chi connectivity index (χ1v) is 8.05. The van der Waals surface area contributed by atoms with Gasteiger partial charge in [-0.3, -0.25) is 9.59 Å². The molecule has 19 heavy (non-hydrogen) atoms. The lowest BCUT2D eigenvalue weighted by atomic mass is 9.97. The SMILES string of the molecule is CCCCSC(C)C(=O)NCC(CC(C)C)C(=O)O. The molecule has 2 unspecified atom stereocenters. The van der Waals surface area contributed by atoms with E-state index in [4.69, 9.17) is 5.11 Å². The third-order valence-corrected chi connectivity index (χ3v) is 4.10. The second-order valence-electron chi connectivity index (χ2n) is 5.28. The highest BCUT2D eigenvalue weighted by Crippen LogP contribution is 2.14. The smallest absolute Gasteiger partial charge is 0.308 e. The Morgan fingerprint density at radius 1 is 1.26 bits per heavy atom. The van der Waals surface area contributed by atoms with E-state index in [0.29, 0.717) is 12.3 Å². The molecule has 0 aliphatic rings. The van der Waals surface area contributed by atoms with Gasteiger partial charge in [0, 0.05) is 6.54 Å². The second kappa shape index (κ2) is 10.1. The monoisotopic (exact) mass is 289 g/mol. The van der Waals surface area contributed by atoms with Gasteiger partial charge in [-0.05, 0) is 31.4 Å². The van der Waals surface area contributed by atoms with E-state index in [-0.39, 0.29) is 17.7 Å². The van der Waals surface area contributed by atoms with Gasteiger partial charge in [-0.15, -0.1) is 11.8 Å². The number of nitrogens with one attached hydrogen (secondary N) is 1. The Morgan fingerprint density at radius 2 is 1.89 bits per heavy atom. The van der Waals surface area contributed by atoms with E-state index in [1.807, 2.05) is 20.8 Å². The molecule has 0 aromatic carbocycles. The van der Waals surface area contributed by atoms with Crippen molar-refractivity contribution in [3.05, 3.63) is 0 Å². The van der Waals surface area contributed by atoms with Crippen molar-refractivity contribution in [2.24, 2.45) is 11.8 Å². The molecular weight excluding hydrogens is 262 g/mol. The normalized spacial score (nSPS) is 14.2. The number of carbonyl (C=O) groups is 2. The summed E-state index contributed by atoms with van der Waals surface area (Å²) in [6.45, 7) is 8.19. The van der Waals surface area contributed by atoms with Gasteiger partial charge in [0.2, 0.25) is 5.91 Å². The van der Waals surface area contributed by atoms with Crippen molar-refractivity contribution in [1.29, 1.82) is 0 Å². The predicted octanol–water partition coefficient (Wildman–Crippen LogP) is 2.77. The van der Waals surface area contributed by atoms with Crippen LogP contribution in [0.25, 0.3) is 0 Å². The summed E-state index contributed by atoms with van der Waals surface area (Å²) >= 11 is 1.62. The molecule has 0 aliphatic carbocycles. The third-order valence-electron chi connectivity index (χ3n) is 2.86. The minimum atomic E-state index is -0.833. The minimum Gasteiger partial charge on any atom is -0.481 e. The van der Waals surface area contributed by atoms with Crippen molar-refractivity contribution < 1.29 is 14.7 Å². The highest BCUT2D eigenvalue weighted by atomic mass is 32.2. The van der Waals surface area contributed by atoms with Crippen LogP contribution in [0, 0.1) is 11.8 Å². The summed E-state index contributed by atoms with van der Waals surface area (Å²) in [6.07, 6.45) is 2.82. The zero-order valence-electron chi connectivity index (χ0n) is 12.4. The van der Waals surface area contributed by atoms with E-state index in [9.17, 15) is 9.59 Å². The van der Waals surface area contributed by atoms with Gasteiger partial charge in [-0.2, -0.15) is 0 Å². The van der Waals surface area contributed by atoms with Crippen LogP contribution in [0.5, 0.6) is 0 Å². The summed E-state index contributed by atoms with van der Waals surface area (Å²) in [5, 5.41) is 11.7. The van der Waals surface area contributed by atoms with Gasteiger partial charge in [0.25, 0.3) is 0 Å². The van der Waals surface area contributed by atoms with Crippen LogP contribution < -0.4 is 5.32 Å². The Hall–Kier alpha value is -0.710. The van der Waals surface area contributed by atoms with Crippen molar-refractivity contribution in [2.45, 2.75) is 52.2 Å². The first-order valence-electron chi connectivity index (χ1n) is 7.00. The van der Waals surface area contributed by atoms with Crippen LogP contribution in [0.1, 0.15) is 47.0 Å². The van der Waals surface area contributed by atoms with E-state index >= 15 is 0 Å². The van der Waals surface area contributed by atoms with E-state index in [1.165, 1.54) is 0 Å². The summed E-state index contributed by atoms with van der Waals surface area (Å²) in [5.74, 6) is -0.0954. The molecule has 5 heteroatoms. The highest BCUT2D eigenvalue weighted by molar-refractivity contribution is 8.00. The lowest BCUT2D eigenvalue weighted by Gasteiger charge is -2.17. The third kappa shape index (κ3) is 8.92. The largest absolute Gasteiger partial charge is 0.481 e. The maximum absolute atomic E-state index is 11.8. The van der Waals surface area contributed by atoms with Crippen molar-refractivity contribution in [1.82, 2.24) is 5.32 Å². The van der Waals surface area contributed by atoms with Gasteiger partial charge in [0.15, 0.2) is 0 Å². The summed E-state index contributed by atoms with van der Waals surface area (Å²) < 4.78 is 0. The number of carbonyl (C=O) groups excluding carboxylic acids is 1. The average molecular weight is 289 g/mol. The summed E-state index contributed by atoms with van der Waals surface area (Å²) in [4.78, 5) is 22.9. The number of unbranched alkanes of at least 4 members (excludes halogenated alkanes) is 1. The van der Waals surface area contributed by atoms with Gasteiger partial charge in [-0.1, -0.05) is 27.2 Å². The van der Waals surface area contributed by atoms with E-state index in [1.54, 1.807) is 11.8 Å². The number of carboxylic acid groups (broad SMARTS) is 1. The quantitative estimate of drug-likeness (QED) is 0.607. The van der Waals surface area contributed by atoms with E-state index in [0.717, 1.165) is 18.6 Å². The number of aliphatic carboxylic acids is 1. The molecule has 0 aliphatic heterocycles. The molecular formula is C14H27NO3S. The molecule has 0 aromatic rings. The number of thioether (sulfide) groups is 1. The van der Waals surface area contributed by atoms with Crippen molar-refractivity contribution in [2.75, 3.05) is 12.3 Å². The summed E-state index contributed by atoms with van der Waals surface area (Å²) in [6, 6.07) is 0. The van der Waals surface area contributed by atoms with Gasteiger partial charge in [0.1, 0.15) is 0 Å². The van der Waals surface area contributed by atoms with Crippen LogP contribution >= 0.6 is 11.8 Å². The molecule has 0 radical (unpaired) electrons. The molecule has 1 amide bonds. The van der Waals surface area contributed by atoms with Gasteiger partial charge in [-0.25, -0.2) is 0 Å². The second-order valence-corrected chi connectivity index (χ2v) is 6.73. The average Bonchev–Trinajstić information content (AvgIpc) is 2.33. The van der Waals surface area contributed by atoms with Crippen LogP contribution in [0.2, 0.25) is 0 Å². The molecule has 0 rings (SSSR count). The van der Waals surface area contributed by atoms with Crippen molar-refractivity contribution in [3.63, 3.8) is 0 Å². The van der Waals surface area contributed by atoms with Crippen LogP contribution in [0.15, 0.2) is 0 Å². The van der Waals surface area contributed by atoms with Crippen molar-refractivity contribution in [3.8, 4) is 0 Å². The van der Waals surface area contributed by atoms with Crippen LogP contribution in [-0.4, -0.2) is 34.5 Å².